The molecule has 136 valence electrons. The van der Waals surface area contributed by atoms with Gasteiger partial charge in [0.25, 0.3) is 0 Å². The summed E-state index contributed by atoms with van der Waals surface area (Å²) in [6, 6.07) is 23.0. The van der Waals surface area contributed by atoms with Gasteiger partial charge >= 0.3 is 5.97 Å². The number of fused-ring (bicyclic) bond motifs is 2. The number of rotatable bonds is 5. The zero-order chi connectivity index (χ0) is 18.6. The molecule has 4 heteroatoms. The predicted octanol–water partition coefficient (Wildman–Crippen LogP) is 4.72. The lowest BCUT2D eigenvalue weighted by Gasteiger charge is -2.26. The number of methoxy groups -OCH3 is 1. The molecule has 27 heavy (non-hydrogen) atoms. The third kappa shape index (κ3) is 3.51. The Hall–Kier alpha value is -3.27. The number of hydrogen-bond acceptors (Lipinski definition) is 4. The molecule has 0 N–H and O–H groups in total. The van der Waals surface area contributed by atoms with Gasteiger partial charge < -0.3 is 14.2 Å². The molecule has 0 aromatic heterocycles. The van der Waals surface area contributed by atoms with E-state index in [1.807, 2.05) is 72.8 Å². The van der Waals surface area contributed by atoms with Crippen LogP contribution in [0.2, 0.25) is 0 Å². The summed E-state index contributed by atoms with van der Waals surface area (Å²) in [5.74, 6) is 1.49. The first-order valence-corrected chi connectivity index (χ1v) is 8.91. The van der Waals surface area contributed by atoms with Crippen molar-refractivity contribution < 1.29 is 19.0 Å². The number of carbonyl (C=O) groups excluding carboxylic acids is 1. The minimum absolute atomic E-state index is 0.258. The van der Waals surface area contributed by atoms with Crippen molar-refractivity contribution in [3.05, 3.63) is 89.5 Å². The van der Waals surface area contributed by atoms with Crippen LogP contribution in [0.5, 0.6) is 17.2 Å². The fourth-order valence-electron chi connectivity index (χ4n) is 3.31. The third-order valence-corrected chi connectivity index (χ3v) is 4.71. The van der Waals surface area contributed by atoms with E-state index >= 15 is 0 Å². The van der Waals surface area contributed by atoms with Crippen LogP contribution in [0, 0.1) is 0 Å². The van der Waals surface area contributed by atoms with Crippen LogP contribution in [-0.4, -0.2) is 19.7 Å². The van der Waals surface area contributed by atoms with Crippen LogP contribution in [0.15, 0.2) is 72.8 Å². The summed E-state index contributed by atoms with van der Waals surface area (Å²) in [4.78, 5) is 12.9. The van der Waals surface area contributed by atoms with E-state index in [0.717, 1.165) is 22.4 Å². The van der Waals surface area contributed by atoms with Crippen molar-refractivity contribution in [2.75, 3.05) is 13.7 Å². The summed E-state index contributed by atoms with van der Waals surface area (Å²) < 4.78 is 16.7. The molecule has 1 aliphatic rings. The highest BCUT2D eigenvalue weighted by atomic mass is 16.5. The van der Waals surface area contributed by atoms with Gasteiger partial charge in [-0.2, -0.15) is 0 Å². The lowest BCUT2D eigenvalue weighted by atomic mass is 9.88. The predicted molar refractivity (Wildman–Crippen MR) is 102 cm³/mol. The first-order valence-electron chi connectivity index (χ1n) is 8.91. The molecule has 1 heterocycles. The largest absolute Gasteiger partial charge is 0.497 e. The molecule has 3 aromatic rings. The minimum Gasteiger partial charge on any atom is -0.497 e. The van der Waals surface area contributed by atoms with E-state index in [2.05, 4.69) is 0 Å². The van der Waals surface area contributed by atoms with E-state index in [1.165, 1.54) is 0 Å². The first kappa shape index (κ1) is 17.2. The molecule has 0 amide bonds. The van der Waals surface area contributed by atoms with Crippen molar-refractivity contribution in [3.63, 3.8) is 0 Å². The highest BCUT2D eigenvalue weighted by Crippen LogP contribution is 2.44. The van der Waals surface area contributed by atoms with Gasteiger partial charge in [0.15, 0.2) is 0 Å². The molecule has 4 nitrogen and oxygen atoms in total. The Morgan fingerprint density at radius 1 is 0.889 bits per heavy atom. The molecule has 0 spiro atoms. The second-order valence-corrected chi connectivity index (χ2v) is 6.38. The van der Waals surface area contributed by atoms with E-state index in [-0.39, 0.29) is 5.97 Å². The Bertz CT molecular complexity index is 901. The molecular weight excluding hydrogens is 340 g/mol. The Balaban J connectivity index is 1.50. The topological polar surface area (TPSA) is 44.8 Å². The van der Waals surface area contributed by atoms with Gasteiger partial charge in [-0.15, -0.1) is 0 Å². The third-order valence-electron chi connectivity index (χ3n) is 4.71. The fraction of sp³-hybridized carbons (Fsp3) is 0.174. The van der Waals surface area contributed by atoms with Gasteiger partial charge in [-0.1, -0.05) is 48.5 Å². The van der Waals surface area contributed by atoms with Crippen LogP contribution in [0.3, 0.4) is 0 Å². The van der Waals surface area contributed by atoms with E-state index in [4.69, 9.17) is 14.2 Å². The summed E-state index contributed by atoms with van der Waals surface area (Å²) in [6.07, 6.45) is 0.655. The molecule has 0 aliphatic carbocycles. The molecule has 0 atom stereocenters. The quantitative estimate of drug-likeness (QED) is 0.618. The molecule has 0 bridgehead atoms. The van der Waals surface area contributed by atoms with E-state index in [9.17, 15) is 4.79 Å². The SMILES string of the molecule is COc1ccc(CCOC(=O)C2c3ccccc3Oc3ccccc32)cc1. The van der Waals surface area contributed by atoms with Crippen LogP contribution in [0.25, 0.3) is 0 Å². The van der Waals surface area contributed by atoms with Crippen molar-refractivity contribution in [1.82, 2.24) is 0 Å². The molecule has 0 saturated heterocycles. The standard InChI is InChI=1S/C23H20O4/c1-25-17-12-10-16(11-13-17)14-15-26-23(24)22-18-6-2-4-8-20(18)27-21-9-5-3-7-19(21)22/h2-13,22H,14-15H2,1H3. The first-order chi connectivity index (χ1) is 13.3. The zero-order valence-corrected chi connectivity index (χ0v) is 15.1. The average Bonchev–Trinajstić information content (AvgIpc) is 2.72. The van der Waals surface area contributed by atoms with Crippen LogP contribution >= 0.6 is 0 Å². The highest BCUT2D eigenvalue weighted by Gasteiger charge is 2.33. The molecule has 0 unspecified atom stereocenters. The minimum atomic E-state index is -0.470. The normalized spacial score (nSPS) is 12.5. The molecular formula is C23H20O4. The van der Waals surface area contributed by atoms with Crippen molar-refractivity contribution in [2.45, 2.75) is 12.3 Å². The number of hydrogen-bond donors (Lipinski definition) is 0. The van der Waals surface area contributed by atoms with Crippen LogP contribution < -0.4 is 9.47 Å². The van der Waals surface area contributed by atoms with Gasteiger partial charge in [-0.05, 0) is 29.8 Å². The van der Waals surface area contributed by atoms with Crippen molar-refractivity contribution >= 4 is 5.97 Å². The van der Waals surface area contributed by atoms with Gasteiger partial charge in [0, 0.05) is 17.5 Å². The summed E-state index contributed by atoms with van der Waals surface area (Å²) in [6.45, 7) is 0.326. The van der Waals surface area contributed by atoms with Crippen molar-refractivity contribution in [1.29, 1.82) is 0 Å². The van der Waals surface area contributed by atoms with E-state index in [0.29, 0.717) is 24.5 Å². The fourth-order valence-corrected chi connectivity index (χ4v) is 3.31. The Morgan fingerprint density at radius 3 is 2.07 bits per heavy atom. The van der Waals surface area contributed by atoms with Gasteiger partial charge in [0.2, 0.25) is 0 Å². The van der Waals surface area contributed by atoms with Gasteiger partial charge in [-0.3, -0.25) is 4.79 Å². The maximum atomic E-state index is 12.9. The van der Waals surface area contributed by atoms with E-state index < -0.39 is 5.92 Å². The lowest BCUT2D eigenvalue weighted by molar-refractivity contribution is -0.144. The number of carbonyl (C=O) groups is 1. The Kier molecular flexibility index (Phi) is 4.79. The second-order valence-electron chi connectivity index (χ2n) is 6.38. The maximum absolute atomic E-state index is 12.9. The number of ether oxygens (including phenoxy) is 3. The summed E-state index contributed by atoms with van der Waals surface area (Å²) in [5.41, 5.74) is 2.77. The van der Waals surface area contributed by atoms with Crippen molar-refractivity contribution in [2.24, 2.45) is 0 Å². The Labute approximate surface area is 158 Å². The van der Waals surface area contributed by atoms with Crippen LogP contribution in [0.4, 0.5) is 0 Å². The molecule has 0 fully saturated rings. The maximum Gasteiger partial charge on any atom is 0.318 e. The summed E-state index contributed by atoms with van der Waals surface area (Å²) in [7, 11) is 1.64. The number of benzene rings is 3. The number of para-hydroxylation sites is 2. The monoisotopic (exact) mass is 360 g/mol. The van der Waals surface area contributed by atoms with Gasteiger partial charge in [0.05, 0.1) is 13.7 Å². The molecule has 3 aromatic carbocycles. The summed E-state index contributed by atoms with van der Waals surface area (Å²) in [5, 5.41) is 0. The van der Waals surface area contributed by atoms with Gasteiger partial charge in [0.1, 0.15) is 23.2 Å². The lowest BCUT2D eigenvalue weighted by Crippen LogP contribution is -2.22. The Morgan fingerprint density at radius 2 is 1.48 bits per heavy atom. The van der Waals surface area contributed by atoms with Crippen molar-refractivity contribution in [3.8, 4) is 17.2 Å². The molecule has 4 rings (SSSR count). The molecule has 1 aliphatic heterocycles. The molecule has 0 radical (unpaired) electrons. The van der Waals surface area contributed by atoms with Crippen LogP contribution in [-0.2, 0) is 16.0 Å². The molecule has 0 saturated carbocycles. The second kappa shape index (κ2) is 7.54. The van der Waals surface area contributed by atoms with E-state index in [1.54, 1.807) is 7.11 Å². The average molecular weight is 360 g/mol. The summed E-state index contributed by atoms with van der Waals surface area (Å²) >= 11 is 0. The van der Waals surface area contributed by atoms with Crippen LogP contribution in [0.1, 0.15) is 22.6 Å². The zero-order valence-electron chi connectivity index (χ0n) is 15.1. The highest BCUT2D eigenvalue weighted by molar-refractivity contribution is 5.85. The number of esters is 1. The smallest absolute Gasteiger partial charge is 0.318 e. The van der Waals surface area contributed by atoms with Gasteiger partial charge in [-0.25, -0.2) is 0 Å².